The van der Waals surface area contributed by atoms with Crippen molar-refractivity contribution < 1.29 is 0 Å². The summed E-state index contributed by atoms with van der Waals surface area (Å²) in [5, 5.41) is 7.92. The predicted molar refractivity (Wildman–Crippen MR) is 92.2 cm³/mol. The van der Waals surface area contributed by atoms with Crippen LogP contribution in [-0.4, -0.2) is 31.0 Å². The first-order chi connectivity index (χ1) is 10.8. The molecule has 22 heavy (non-hydrogen) atoms. The summed E-state index contributed by atoms with van der Waals surface area (Å²) in [4.78, 5) is 8.83. The monoisotopic (exact) mass is 294 g/mol. The number of nitrogens with one attached hydrogen (secondary N) is 2. The van der Waals surface area contributed by atoms with Gasteiger partial charge in [-0.15, -0.1) is 0 Å². The van der Waals surface area contributed by atoms with Gasteiger partial charge in [-0.2, -0.15) is 0 Å². The van der Waals surface area contributed by atoms with Crippen LogP contribution in [0.15, 0.2) is 53.2 Å². The zero-order chi connectivity index (χ0) is 15.2. The van der Waals surface area contributed by atoms with Crippen molar-refractivity contribution in [1.82, 2.24) is 15.6 Å². The van der Waals surface area contributed by atoms with E-state index in [0.29, 0.717) is 6.67 Å². The van der Waals surface area contributed by atoms with Gasteiger partial charge in [-0.3, -0.25) is 15.3 Å². The minimum absolute atomic E-state index is 0.267. The van der Waals surface area contributed by atoms with Crippen molar-refractivity contribution in [3.05, 3.63) is 53.7 Å². The van der Waals surface area contributed by atoms with Gasteiger partial charge in [0.05, 0.1) is 12.2 Å². The molecule has 0 amide bonds. The molecular formula is C18H22N4. The third kappa shape index (κ3) is 3.78. The van der Waals surface area contributed by atoms with Crippen molar-refractivity contribution in [2.75, 3.05) is 19.8 Å². The Morgan fingerprint density at radius 3 is 3.23 bits per heavy atom. The topological polar surface area (TPSA) is 49.3 Å². The maximum Gasteiger partial charge on any atom is 0.0889 e. The SMILES string of the molecule is CC(NCN=CC1=CCNCC1)c1ccc2ncccc2c1. The van der Waals surface area contributed by atoms with Gasteiger partial charge < -0.3 is 5.32 Å². The first-order valence-corrected chi connectivity index (χ1v) is 7.80. The zero-order valence-corrected chi connectivity index (χ0v) is 12.9. The van der Waals surface area contributed by atoms with E-state index in [1.54, 1.807) is 0 Å². The van der Waals surface area contributed by atoms with Crippen LogP contribution in [0.3, 0.4) is 0 Å². The fourth-order valence-corrected chi connectivity index (χ4v) is 2.59. The minimum atomic E-state index is 0.267. The molecule has 0 radical (unpaired) electrons. The van der Waals surface area contributed by atoms with Crippen LogP contribution >= 0.6 is 0 Å². The Bertz CT molecular complexity index is 690. The third-order valence-electron chi connectivity index (χ3n) is 3.97. The highest BCUT2D eigenvalue weighted by atomic mass is 15.0. The lowest BCUT2D eigenvalue weighted by atomic mass is 10.1. The van der Waals surface area contributed by atoms with E-state index < -0.39 is 0 Å². The summed E-state index contributed by atoms with van der Waals surface area (Å²) in [5.74, 6) is 0. The average Bonchev–Trinajstić information content (AvgIpc) is 2.59. The van der Waals surface area contributed by atoms with Crippen molar-refractivity contribution in [1.29, 1.82) is 0 Å². The molecule has 2 aromatic rings. The van der Waals surface area contributed by atoms with Gasteiger partial charge in [0.15, 0.2) is 0 Å². The number of hydrogen-bond donors (Lipinski definition) is 2. The Morgan fingerprint density at radius 2 is 2.36 bits per heavy atom. The lowest BCUT2D eigenvalue weighted by Gasteiger charge is -2.14. The molecule has 0 aliphatic carbocycles. The molecule has 4 nitrogen and oxygen atoms in total. The molecule has 0 fully saturated rings. The van der Waals surface area contributed by atoms with Gasteiger partial charge in [-0.1, -0.05) is 18.2 Å². The fourth-order valence-electron chi connectivity index (χ4n) is 2.59. The number of hydrogen-bond acceptors (Lipinski definition) is 4. The van der Waals surface area contributed by atoms with Crippen LogP contribution in [0.4, 0.5) is 0 Å². The van der Waals surface area contributed by atoms with E-state index in [9.17, 15) is 0 Å². The normalized spacial score (nSPS) is 16.9. The van der Waals surface area contributed by atoms with Crippen molar-refractivity contribution in [3.63, 3.8) is 0 Å². The van der Waals surface area contributed by atoms with Crippen molar-refractivity contribution >= 4 is 17.1 Å². The second-order valence-corrected chi connectivity index (χ2v) is 5.58. The number of aliphatic imine (C=N–C) groups is 1. The van der Waals surface area contributed by atoms with Crippen LogP contribution < -0.4 is 10.6 Å². The van der Waals surface area contributed by atoms with Gasteiger partial charge in [-0.05, 0) is 49.2 Å². The molecule has 1 aliphatic rings. The van der Waals surface area contributed by atoms with Crippen molar-refractivity contribution in [2.45, 2.75) is 19.4 Å². The van der Waals surface area contributed by atoms with Crippen molar-refractivity contribution in [2.24, 2.45) is 4.99 Å². The molecule has 2 heterocycles. The lowest BCUT2D eigenvalue weighted by Crippen LogP contribution is -2.21. The number of pyridine rings is 1. The molecule has 0 bridgehead atoms. The molecule has 3 rings (SSSR count). The van der Waals surface area contributed by atoms with Crippen LogP contribution in [0.2, 0.25) is 0 Å². The molecule has 0 spiro atoms. The predicted octanol–water partition coefficient (Wildman–Crippen LogP) is 2.83. The van der Waals surface area contributed by atoms with E-state index in [1.807, 2.05) is 18.5 Å². The average molecular weight is 294 g/mol. The number of nitrogens with zero attached hydrogens (tertiary/aromatic N) is 2. The quantitative estimate of drug-likeness (QED) is 0.834. The second kappa shape index (κ2) is 7.29. The largest absolute Gasteiger partial charge is 0.313 e. The Balaban J connectivity index is 1.57. The molecule has 1 unspecified atom stereocenters. The highest BCUT2D eigenvalue weighted by Gasteiger charge is 2.05. The molecule has 0 saturated heterocycles. The number of rotatable bonds is 5. The standard InChI is InChI=1S/C18H22N4/c1-14(22-13-20-12-15-6-9-19-10-7-15)16-4-5-18-17(11-16)3-2-8-21-18/h2-6,8,11-12,14,19,22H,7,9-10,13H2,1H3. The van der Waals surface area contributed by atoms with E-state index in [2.05, 4.69) is 57.9 Å². The first kappa shape index (κ1) is 14.9. The van der Waals surface area contributed by atoms with Crippen LogP contribution in [0.1, 0.15) is 24.9 Å². The first-order valence-electron chi connectivity index (χ1n) is 7.80. The number of fused-ring (bicyclic) bond motifs is 1. The molecule has 1 aliphatic heterocycles. The van der Waals surface area contributed by atoms with Crippen LogP contribution in [0.5, 0.6) is 0 Å². The van der Waals surface area contributed by atoms with Gasteiger partial charge in [0.2, 0.25) is 0 Å². The summed E-state index contributed by atoms with van der Waals surface area (Å²) in [6, 6.07) is 10.7. The maximum atomic E-state index is 4.48. The maximum absolute atomic E-state index is 4.48. The summed E-state index contributed by atoms with van der Waals surface area (Å²) in [5.41, 5.74) is 3.62. The molecule has 1 aromatic heterocycles. The third-order valence-corrected chi connectivity index (χ3v) is 3.97. The van der Waals surface area contributed by atoms with Gasteiger partial charge >= 0.3 is 0 Å². The lowest BCUT2D eigenvalue weighted by molar-refractivity contribution is 0.590. The Hall–Kier alpha value is -2.04. The summed E-state index contributed by atoms with van der Waals surface area (Å²) < 4.78 is 0. The van der Waals surface area contributed by atoms with E-state index >= 15 is 0 Å². The summed E-state index contributed by atoms with van der Waals surface area (Å²) in [6.07, 6.45) is 7.09. The molecule has 4 heteroatoms. The van der Waals surface area contributed by atoms with Gasteiger partial charge in [-0.25, -0.2) is 0 Å². The Labute approximate surface area is 131 Å². The molecule has 0 saturated carbocycles. The van der Waals surface area contributed by atoms with Gasteiger partial charge in [0.1, 0.15) is 0 Å². The number of aromatic nitrogens is 1. The Morgan fingerprint density at radius 1 is 1.41 bits per heavy atom. The Kier molecular flexibility index (Phi) is 4.93. The van der Waals surface area contributed by atoms with E-state index in [0.717, 1.165) is 25.0 Å². The molecule has 1 aromatic carbocycles. The van der Waals surface area contributed by atoms with E-state index in [4.69, 9.17) is 0 Å². The van der Waals surface area contributed by atoms with Crippen LogP contribution in [0.25, 0.3) is 10.9 Å². The minimum Gasteiger partial charge on any atom is -0.313 e. The van der Waals surface area contributed by atoms with Crippen molar-refractivity contribution in [3.8, 4) is 0 Å². The number of benzene rings is 1. The smallest absolute Gasteiger partial charge is 0.0889 e. The van der Waals surface area contributed by atoms with Crippen LogP contribution in [0, 0.1) is 0 Å². The summed E-state index contributed by atoms with van der Waals surface area (Å²) in [6.45, 7) is 4.80. The van der Waals surface area contributed by atoms with Gasteiger partial charge in [0.25, 0.3) is 0 Å². The molecule has 114 valence electrons. The van der Waals surface area contributed by atoms with E-state index in [1.165, 1.54) is 16.5 Å². The van der Waals surface area contributed by atoms with Crippen LogP contribution in [-0.2, 0) is 0 Å². The molecular weight excluding hydrogens is 272 g/mol. The fraction of sp³-hybridized carbons (Fsp3) is 0.333. The van der Waals surface area contributed by atoms with E-state index in [-0.39, 0.29) is 6.04 Å². The molecule has 2 N–H and O–H groups in total. The highest BCUT2D eigenvalue weighted by Crippen LogP contribution is 2.18. The molecule has 1 atom stereocenters. The van der Waals surface area contributed by atoms with Gasteiger partial charge in [0, 0.05) is 30.4 Å². The summed E-state index contributed by atoms with van der Waals surface area (Å²) in [7, 11) is 0. The highest BCUT2D eigenvalue weighted by molar-refractivity contribution is 5.79. The second-order valence-electron chi connectivity index (χ2n) is 5.58. The zero-order valence-electron chi connectivity index (χ0n) is 12.9. The summed E-state index contributed by atoms with van der Waals surface area (Å²) >= 11 is 0.